The van der Waals surface area contributed by atoms with E-state index in [-0.39, 0.29) is 12.1 Å². The van der Waals surface area contributed by atoms with E-state index < -0.39 is 51.1 Å². The van der Waals surface area contributed by atoms with Crippen molar-refractivity contribution in [3.8, 4) is 0 Å². The number of hydrogen-bond acceptors (Lipinski definition) is 4. The van der Waals surface area contributed by atoms with Gasteiger partial charge in [0.25, 0.3) is 0 Å². The van der Waals surface area contributed by atoms with E-state index in [9.17, 15) is 21.6 Å². The van der Waals surface area contributed by atoms with Gasteiger partial charge < -0.3 is 10.2 Å². The molecule has 0 atom stereocenters. The van der Waals surface area contributed by atoms with Crippen LogP contribution in [-0.4, -0.2) is 37.4 Å². The third-order valence-electron chi connectivity index (χ3n) is 2.31. The molecule has 0 saturated carbocycles. The summed E-state index contributed by atoms with van der Waals surface area (Å²) in [5.74, 6) is -4.48. The molecule has 0 spiro atoms. The predicted octanol–water partition coefficient (Wildman–Crippen LogP) is 0.126. The monoisotopic (exact) mass is 299 g/mol. The van der Waals surface area contributed by atoms with Crippen molar-refractivity contribution in [1.29, 1.82) is 0 Å². The minimum absolute atomic E-state index is 0.215. The Morgan fingerprint density at radius 1 is 1.16 bits per heavy atom. The van der Waals surface area contributed by atoms with Crippen LogP contribution in [0.1, 0.15) is 6.92 Å². The highest BCUT2D eigenvalue weighted by Crippen LogP contribution is 2.21. The number of aliphatic hydroxyl groups excluding tert-OH is 2. The van der Waals surface area contributed by atoms with E-state index in [0.717, 1.165) is 6.92 Å². The third-order valence-corrected chi connectivity index (χ3v) is 4.00. The molecule has 0 saturated heterocycles. The summed E-state index contributed by atoms with van der Waals surface area (Å²) < 4.78 is 64.7. The van der Waals surface area contributed by atoms with Crippen molar-refractivity contribution in [2.45, 2.75) is 17.4 Å². The Morgan fingerprint density at radius 3 is 1.95 bits per heavy atom. The molecule has 19 heavy (non-hydrogen) atoms. The average molecular weight is 299 g/mol. The molecule has 0 heterocycles. The first-order chi connectivity index (χ1) is 8.65. The van der Waals surface area contributed by atoms with Crippen LogP contribution in [0.2, 0.25) is 0 Å². The number of hydrogen-bond donors (Lipinski definition) is 3. The maximum absolute atomic E-state index is 13.4. The SMILES string of the molecule is CC(CO)(CO)NS(=O)(=O)c1c(F)cc(F)cc1F. The van der Waals surface area contributed by atoms with Gasteiger partial charge in [-0.3, -0.25) is 0 Å². The maximum Gasteiger partial charge on any atom is 0.247 e. The Bertz CT molecular complexity index is 549. The number of aliphatic hydroxyl groups is 2. The van der Waals surface area contributed by atoms with E-state index in [1.807, 2.05) is 0 Å². The van der Waals surface area contributed by atoms with Crippen molar-refractivity contribution in [2.75, 3.05) is 13.2 Å². The van der Waals surface area contributed by atoms with Crippen LogP contribution in [0.3, 0.4) is 0 Å². The smallest absolute Gasteiger partial charge is 0.247 e. The number of nitrogens with one attached hydrogen (secondary N) is 1. The van der Waals surface area contributed by atoms with Crippen LogP contribution in [0, 0.1) is 17.5 Å². The Balaban J connectivity index is 3.29. The highest BCUT2D eigenvalue weighted by atomic mass is 32.2. The Kier molecular flexibility index (Phi) is 4.56. The largest absolute Gasteiger partial charge is 0.394 e. The number of rotatable bonds is 5. The molecule has 0 aliphatic rings. The predicted molar refractivity (Wildman–Crippen MR) is 59.2 cm³/mol. The molecule has 5 nitrogen and oxygen atoms in total. The minimum Gasteiger partial charge on any atom is -0.394 e. The van der Waals surface area contributed by atoms with Gasteiger partial charge in [0.05, 0.1) is 18.8 Å². The molecule has 0 radical (unpaired) electrons. The lowest BCUT2D eigenvalue weighted by Crippen LogP contribution is -2.51. The lowest BCUT2D eigenvalue weighted by molar-refractivity contribution is 0.121. The van der Waals surface area contributed by atoms with Crippen molar-refractivity contribution in [2.24, 2.45) is 0 Å². The quantitative estimate of drug-likeness (QED) is 0.721. The van der Waals surface area contributed by atoms with E-state index in [1.165, 1.54) is 0 Å². The number of benzene rings is 1. The fraction of sp³-hybridized carbons (Fsp3) is 0.400. The zero-order valence-electron chi connectivity index (χ0n) is 9.82. The third kappa shape index (κ3) is 3.44. The summed E-state index contributed by atoms with van der Waals surface area (Å²) in [6.07, 6.45) is 0. The fourth-order valence-electron chi connectivity index (χ4n) is 1.28. The van der Waals surface area contributed by atoms with Crippen LogP contribution in [0.4, 0.5) is 13.2 Å². The topological polar surface area (TPSA) is 86.6 Å². The van der Waals surface area contributed by atoms with Crippen molar-refractivity contribution < 1.29 is 31.8 Å². The molecule has 1 aromatic rings. The van der Waals surface area contributed by atoms with Gasteiger partial charge in [0.15, 0.2) is 4.90 Å². The van der Waals surface area contributed by atoms with Crippen LogP contribution in [-0.2, 0) is 10.0 Å². The first-order valence-corrected chi connectivity index (χ1v) is 6.54. The van der Waals surface area contributed by atoms with Crippen molar-refractivity contribution in [1.82, 2.24) is 4.72 Å². The van der Waals surface area contributed by atoms with Gasteiger partial charge >= 0.3 is 0 Å². The first kappa shape index (κ1) is 15.9. The summed E-state index contributed by atoms with van der Waals surface area (Å²) in [5.41, 5.74) is -1.70. The first-order valence-electron chi connectivity index (χ1n) is 5.05. The zero-order valence-corrected chi connectivity index (χ0v) is 10.6. The van der Waals surface area contributed by atoms with Gasteiger partial charge in [-0.25, -0.2) is 26.3 Å². The van der Waals surface area contributed by atoms with Gasteiger partial charge in [-0.1, -0.05) is 0 Å². The Labute approximate surface area is 107 Å². The van der Waals surface area contributed by atoms with Gasteiger partial charge in [-0.2, -0.15) is 0 Å². The molecule has 3 N–H and O–H groups in total. The lowest BCUT2D eigenvalue weighted by atomic mass is 10.1. The molecule has 0 bridgehead atoms. The summed E-state index contributed by atoms with van der Waals surface area (Å²) in [6.45, 7) is -0.468. The Hall–Kier alpha value is -1.16. The summed E-state index contributed by atoms with van der Waals surface area (Å²) in [4.78, 5) is -1.37. The summed E-state index contributed by atoms with van der Waals surface area (Å²) in [7, 11) is -4.71. The van der Waals surface area contributed by atoms with E-state index in [2.05, 4.69) is 0 Å². The molecule has 0 unspecified atom stereocenters. The van der Waals surface area contributed by atoms with Crippen LogP contribution < -0.4 is 4.72 Å². The highest BCUT2D eigenvalue weighted by molar-refractivity contribution is 7.89. The average Bonchev–Trinajstić information content (AvgIpc) is 2.26. The molecule has 0 aliphatic heterocycles. The van der Waals surface area contributed by atoms with Gasteiger partial charge in [-0.05, 0) is 6.92 Å². The van der Waals surface area contributed by atoms with E-state index in [0.29, 0.717) is 0 Å². The van der Waals surface area contributed by atoms with Crippen molar-refractivity contribution in [3.05, 3.63) is 29.6 Å². The number of sulfonamides is 1. The van der Waals surface area contributed by atoms with Crippen molar-refractivity contribution >= 4 is 10.0 Å². The standard InChI is InChI=1S/C10H12F3NO4S/c1-10(4-15,5-16)14-19(17,18)9-7(12)2-6(11)3-8(9)13/h2-3,14-16H,4-5H2,1H3. The molecular formula is C10H12F3NO4S. The normalized spacial score (nSPS) is 12.7. The van der Waals surface area contributed by atoms with Crippen LogP contribution in [0.15, 0.2) is 17.0 Å². The van der Waals surface area contributed by atoms with Crippen LogP contribution >= 0.6 is 0 Å². The summed E-state index contributed by atoms with van der Waals surface area (Å²) in [6, 6.07) is 0.430. The van der Waals surface area contributed by atoms with E-state index in [1.54, 1.807) is 4.72 Å². The van der Waals surface area contributed by atoms with Gasteiger partial charge in [0.2, 0.25) is 10.0 Å². The molecule has 0 aliphatic carbocycles. The van der Waals surface area contributed by atoms with Gasteiger partial charge in [0.1, 0.15) is 17.5 Å². The summed E-state index contributed by atoms with van der Waals surface area (Å²) in [5, 5.41) is 17.9. The van der Waals surface area contributed by atoms with Crippen LogP contribution in [0.5, 0.6) is 0 Å². The van der Waals surface area contributed by atoms with E-state index >= 15 is 0 Å². The lowest BCUT2D eigenvalue weighted by Gasteiger charge is -2.25. The fourth-order valence-corrected chi connectivity index (χ4v) is 2.79. The second-order valence-electron chi connectivity index (χ2n) is 4.18. The zero-order chi connectivity index (χ0) is 14.8. The summed E-state index contributed by atoms with van der Waals surface area (Å²) >= 11 is 0. The molecule has 0 amide bonds. The second-order valence-corrected chi connectivity index (χ2v) is 5.80. The molecule has 108 valence electrons. The molecule has 1 aromatic carbocycles. The Morgan fingerprint density at radius 2 is 1.58 bits per heavy atom. The van der Waals surface area contributed by atoms with Crippen LogP contribution in [0.25, 0.3) is 0 Å². The maximum atomic E-state index is 13.4. The van der Waals surface area contributed by atoms with E-state index in [4.69, 9.17) is 10.2 Å². The van der Waals surface area contributed by atoms with Crippen molar-refractivity contribution in [3.63, 3.8) is 0 Å². The number of halogens is 3. The highest BCUT2D eigenvalue weighted by Gasteiger charge is 2.33. The molecule has 0 aromatic heterocycles. The molecule has 1 rings (SSSR count). The molecular weight excluding hydrogens is 287 g/mol. The van der Waals surface area contributed by atoms with Gasteiger partial charge in [-0.15, -0.1) is 0 Å². The van der Waals surface area contributed by atoms with Gasteiger partial charge in [0, 0.05) is 12.1 Å². The second kappa shape index (κ2) is 5.45. The molecule has 9 heteroatoms. The minimum atomic E-state index is -4.71. The molecule has 0 fully saturated rings.